The molecule has 0 unspecified atom stereocenters. The first-order chi connectivity index (χ1) is 11.5. The minimum Gasteiger partial charge on any atom is -0.494 e. The van der Waals surface area contributed by atoms with Gasteiger partial charge in [-0.05, 0) is 38.0 Å². The molecular formula is C18H22N2O4. The van der Waals surface area contributed by atoms with Gasteiger partial charge in [-0.15, -0.1) is 0 Å². The highest BCUT2D eigenvalue weighted by Gasteiger charge is 2.22. The second kappa shape index (κ2) is 8.19. The summed E-state index contributed by atoms with van der Waals surface area (Å²) in [7, 11) is 1.32. The van der Waals surface area contributed by atoms with E-state index in [-0.39, 0.29) is 5.91 Å². The number of benzene rings is 1. The van der Waals surface area contributed by atoms with E-state index in [1.54, 1.807) is 13.8 Å². The minimum atomic E-state index is -0.448. The number of esters is 1. The molecule has 0 radical (unpaired) electrons. The summed E-state index contributed by atoms with van der Waals surface area (Å²) in [6.07, 6.45) is 0.684. The number of aromatic amines is 1. The molecule has 2 aromatic rings. The normalized spacial score (nSPS) is 10.3. The van der Waals surface area contributed by atoms with Crippen LogP contribution in [-0.2, 0) is 4.74 Å². The van der Waals surface area contributed by atoms with Crippen LogP contribution in [0.4, 0.5) is 0 Å². The first-order valence-corrected chi connectivity index (χ1v) is 7.78. The molecule has 0 saturated carbocycles. The van der Waals surface area contributed by atoms with Crippen LogP contribution in [0.5, 0.6) is 5.75 Å². The average molecular weight is 330 g/mol. The third-order valence-corrected chi connectivity index (χ3v) is 3.67. The molecule has 24 heavy (non-hydrogen) atoms. The van der Waals surface area contributed by atoms with Crippen molar-refractivity contribution in [3.05, 3.63) is 52.8 Å². The fourth-order valence-electron chi connectivity index (χ4n) is 2.45. The van der Waals surface area contributed by atoms with Crippen molar-refractivity contribution in [2.75, 3.05) is 20.3 Å². The molecule has 1 heterocycles. The molecule has 1 amide bonds. The lowest BCUT2D eigenvalue weighted by molar-refractivity contribution is 0.0599. The molecule has 2 N–H and O–H groups in total. The maximum absolute atomic E-state index is 12.2. The molecule has 0 aliphatic rings. The number of aromatic nitrogens is 1. The summed E-state index contributed by atoms with van der Waals surface area (Å²) in [4.78, 5) is 26.9. The van der Waals surface area contributed by atoms with E-state index in [1.807, 2.05) is 30.3 Å². The highest BCUT2D eigenvalue weighted by atomic mass is 16.5. The molecule has 0 saturated heterocycles. The molecule has 0 bridgehead atoms. The highest BCUT2D eigenvalue weighted by molar-refractivity contribution is 6.00. The van der Waals surface area contributed by atoms with Crippen LogP contribution in [0.2, 0.25) is 0 Å². The van der Waals surface area contributed by atoms with Gasteiger partial charge in [-0.1, -0.05) is 18.2 Å². The van der Waals surface area contributed by atoms with E-state index in [0.29, 0.717) is 42.1 Å². The van der Waals surface area contributed by atoms with E-state index in [4.69, 9.17) is 9.47 Å². The summed E-state index contributed by atoms with van der Waals surface area (Å²) in [5, 5.41) is 2.82. The van der Waals surface area contributed by atoms with Gasteiger partial charge >= 0.3 is 5.97 Å². The second-order valence-corrected chi connectivity index (χ2v) is 5.39. The van der Waals surface area contributed by atoms with Crippen molar-refractivity contribution in [2.45, 2.75) is 20.3 Å². The Labute approximate surface area is 141 Å². The molecule has 0 spiro atoms. The fourth-order valence-corrected chi connectivity index (χ4v) is 2.45. The lowest BCUT2D eigenvalue weighted by Gasteiger charge is -2.07. The number of carbonyl (C=O) groups excluding carboxylic acids is 2. The lowest BCUT2D eigenvalue weighted by atomic mass is 10.1. The van der Waals surface area contributed by atoms with Gasteiger partial charge in [-0.3, -0.25) is 4.79 Å². The van der Waals surface area contributed by atoms with Crippen molar-refractivity contribution < 1.29 is 19.1 Å². The van der Waals surface area contributed by atoms with E-state index in [9.17, 15) is 9.59 Å². The van der Waals surface area contributed by atoms with Crippen LogP contribution in [0.1, 0.15) is 38.5 Å². The lowest BCUT2D eigenvalue weighted by Crippen LogP contribution is -2.26. The molecule has 1 aromatic carbocycles. The highest BCUT2D eigenvalue weighted by Crippen LogP contribution is 2.18. The monoisotopic (exact) mass is 330 g/mol. The maximum atomic E-state index is 12.2. The quantitative estimate of drug-likeness (QED) is 0.604. The Morgan fingerprint density at radius 3 is 2.54 bits per heavy atom. The molecule has 0 aliphatic heterocycles. The SMILES string of the molecule is COC(=O)c1c(C)[nH]c(C(=O)NCCCOc2ccccc2)c1C. The second-order valence-electron chi connectivity index (χ2n) is 5.39. The zero-order chi connectivity index (χ0) is 17.5. The number of carbonyl (C=O) groups is 2. The largest absolute Gasteiger partial charge is 0.494 e. The smallest absolute Gasteiger partial charge is 0.339 e. The van der Waals surface area contributed by atoms with Gasteiger partial charge in [0.25, 0.3) is 5.91 Å². The molecule has 0 fully saturated rings. The predicted octanol–water partition coefficient (Wildman–Crippen LogP) is 2.62. The number of para-hydroxylation sites is 1. The Morgan fingerprint density at radius 1 is 1.17 bits per heavy atom. The zero-order valence-corrected chi connectivity index (χ0v) is 14.1. The minimum absolute atomic E-state index is 0.245. The molecule has 0 atom stereocenters. The Bertz CT molecular complexity index is 707. The van der Waals surface area contributed by atoms with Gasteiger partial charge < -0.3 is 19.8 Å². The van der Waals surface area contributed by atoms with Gasteiger partial charge in [0.15, 0.2) is 0 Å². The summed E-state index contributed by atoms with van der Waals surface area (Å²) in [5.74, 6) is 0.115. The standard InChI is InChI=1S/C18H22N2O4/c1-12-15(18(22)23-3)13(2)20-16(12)17(21)19-10-7-11-24-14-8-5-4-6-9-14/h4-6,8-9,20H,7,10-11H2,1-3H3,(H,19,21). The number of ether oxygens (including phenoxy) is 2. The van der Waals surface area contributed by atoms with Crippen molar-refractivity contribution in [2.24, 2.45) is 0 Å². The first-order valence-electron chi connectivity index (χ1n) is 7.78. The molecule has 128 valence electrons. The van der Waals surface area contributed by atoms with Crippen molar-refractivity contribution >= 4 is 11.9 Å². The van der Waals surface area contributed by atoms with Crippen LogP contribution < -0.4 is 10.1 Å². The predicted molar refractivity (Wildman–Crippen MR) is 90.5 cm³/mol. The van der Waals surface area contributed by atoms with Gasteiger partial charge in [-0.25, -0.2) is 4.79 Å². The van der Waals surface area contributed by atoms with E-state index in [2.05, 4.69) is 10.3 Å². The Morgan fingerprint density at radius 2 is 1.88 bits per heavy atom. The van der Waals surface area contributed by atoms with E-state index >= 15 is 0 Å². The van der Waals surface area contributed by atoms with E-state index in [1.165, 1.54) is 7.11 Å². The summed E-state index contributed by atoms with van der Waals surface area (Å²) in [6.45, 7) is 4.46. The van der Waals surface area contributed by atoms with Crippen molar-refractivity contribution in [1.29, 1.82) is 0 Å². The number of rotatable bonds is 7. The number of aryl methyl sites for hydroxylation is 1. The van der Waals surface area contributed by atoms with Crippen LogP contribution in [0.25, 0.3) is 0 Å². The van der Waals surface area contributed by atoms with Gasteiger partial charge in [-0.2, -0.15) is 0 Å². The average Bonchev–Trinajstić information content (AvgIpc) is 2.89. The first kappa shape index (κ1) is 17.6. The third-order valence-electron chi connectivity index (χ3n) is 3.67. The molecule has 6 heteroatoms. The fraction of sp³-hybridized carbons (Fsp3) is 0.333. The van der Waals surface area contributed by atoms with Crippen LogP contribution >= 0.6 is 0 Å². The molecule has 6 nitrogen and oxygen atoms in total. The third kappa shape index (κ3) is 4.16. The zero-order valence-electron chi connectivity index (χ0n) is 14.1. The van der Waals surface area contributed by atoms with Crippen LogP contribution in [0.3, 0.4) is 0 Å². The van der Waals surface area contributed by atoms with Crippen molar-refractivity contribution in [3.8, 4) is 5.75 Å². The Kier molecular flexibility index (Phi) is 6.01. The van der Waals surface area contributed by atoms with E-state index < -0.39 is 5.97 Å². The number of methoxy groups -OCH3 is 1. The van der Waals surface area contributed by atoms with Crippen LogP contribution in [0.15, 0.2) is 30.3 Å². The van der Waals surface area contributed by atoms with E-state index in [0.717, 1.165) is 5.75 Å². The van der Waals surface area contributed by atoms with Crippen LogP contribution in [0, 0.1) is 13.8 Å². The topological polar surface area (TPSA) is 80.4 Å². The molecular weight excluding hydrogens is 308 g/mol. The van der Waals surface area contributed by atoms with Crippen molar-refractivity contribution in [3.63, 3.8) is 0 Å². The van der Waals surface area contributed by atoms with Gasteiger partial charge in [0.1, 0.15) is 11.4 Å². The number of hydrogen-bond donors (Lipinski definition) is 2. The summed E-state index contributed by atoms with van der Waals surface area (Å²) >= 11 is 0. The molecule has 1 aromatic heterocycles. The number of H-pyrrole nitrogens is 1. The van der Waals surface area contributed by atoms with Gasteiger partial charge in [0.2, 0.25) is 0 Å². The molecule has 0 aliphatic carbocycles. The number of amides is 1. The molecule has 2 rings (SSSR count). The maximum Gasteiger partial charge on any atom is 0.339 e. The van der Waals surface area contributed by atoms with Crippen molar-refractivity contribution in [1.82, 2.24) is 10.3 Å². The Balaban J connectivity index is 1.84. The van der Waals surface area contributed by atoms with Gasteiger partial charge in [0.05, 0.1) is 19.3 Å². The summed E-state index contributed by atoms with van der Waals surface area (Å²) in [5.41, 5.74) is 2.02. The summed E-state index contributed by atoms with van der Waals surface area (Å²) < 4.78 is 10.3. The number of nitrogens with one attached hydrogen (secondary N) is 2. The summed E-state index contributed by atoms with van der Waals surface area (Å²) in [6, 6.07) is 9.52. The van der Waals surface area contributed by atoms with Gasteiger partial charge in [0, 0.05) is 12.2 Å². The number of hydrogen-bond acceptors (Lipinski definition) is 4. The Hall–Kier alpha value is -2.76. The van der Waals surface area contributed by atoms with Crippen LogP contribution in [-0.4, -0.2) is 37.1 Å².